The lowest BCUT2D eigenvalue weighted by atomic mass is 10.3. The Morgan fingerprint density at radius 2 is 2.50 bits per heavy atom. The van der Waals surface area contributed by atoms with Gasteiger partial charge in [0, 0.05) is 6.42 Å². The van der Waals surface area contributed by atoms with Crippen LogP contribution in [-0.2, 0) is 4.74 Å². The van der Waals surface area contributed by atoms with Crippen LogP contribution in [0.2, 0.25) is 0 Å². The molecule has 0 fully saturated rings. The molecule has 0 amide bonds. The van der Waals surface area contributed by atoms with Crippen LogP contribution in [0.15, 0.2) is 11.4 Å². The standard InChI is InChI=1S/C9H12FNO2S/c1-2-3-7(10)13-9(12)6-4-5-14-8(6)11/h4-5,7H,2-3,11H2,1H3. The highest BCUT2D eigenvalue weighted by molar-refractivity contribution is 7.14. The second-order valence-electron chi connectivity index (χ2n) is 2.80. The molecule has 1 unspecified atom stereocenters. The lowest BCUT2D eigenvalue weighted by Gasteiger charge is -2.07. The molecule has 3 nitrogen and oxygen atoms in total. The number of carbonyl (C=O) groups excluding carboxylic acids is 1. The zero-order valence-electron chi connectivity index (χ0n) is 7.83. The van der Waals surface area contributed by atoms with E-state index in [2.05, 4.69) is 4.74 Å². The topological polar surface area (TPSA) is 52.3 Å². The molecule has 0 radical (unpaired) electrons. The van der Waals surface area contributed by atoms with Gasteiger partial charge in [-0.1, -0.05) is 6.92 Å². The zero-order valence-corrected chi connectivity index (χ0v) is 8.64. The van der Waals surface area contributed by atoms with E-state index in [0.717, 1.165) is 0 Å². The molecule has 0 saturated carbocycles. The Balaban J connectivity index is 2.55. The number of alkyl halides is 1. The van der Waals surface area contributed by atoms with E-state index in [1.54, 1.807) is 5.38 Å². The SMILES string of the molecule is CCCC(F)OC(=O)c1ccsc1N. The van der Waals surface area contributed by atoms with Crippen LogP contribution in [0.1, 0.15) is 30.1 Å². The molecule has 0 spiro atoms. The molecule has 1 aromatic heterocycles. The molecule has 14 heavy (non-hydrogen) atoms. The summed E-state index contributed by atoms with van der Waals surface area (Å²) >= 11 is 1.23. The van der Waals surface area contributed by atoms with Crippen LogP contribution in [0.25, 0.3) is 0 Å². The minimum absolute atomic E-state index is 0.218. The van der Waals surface area contributed by atoms with Crippen molar-refractivity contribution in [3.05, 3.63) is 17.0 Å². The van der Waals surface area contributed by atoms with Crippen molar-refractivity contribution in [3.8, 4) is 0 Å². The van der Waals surface area contributed by atoms with Gasteiger partial charge in [-0.05, 0) is 17.9 Å². The lowest BCUT2D eigenvalue weighted by Crippen LogP contribution is -2.13. The van der Waals surface area contributed by atoms with Crippen molar-refractivity contribution in [2.45, 2.75) is 26.1 Å². The Bertz CT molecular complexity index is 314. The van der Waals surface area contributed by atoms with E-state index >= 15 is 0 Å². The first-order chi connectivity index (χ1) is 6.65. The van der Waals surface area contributed by atoms with Crippen LogP contribution in [0.3, 0.4) is 0 Å². The van der Waals surface area contributed by atoms with Crippen molar-refractivity contribution in [1.82, 2.24) is 0 Å². The molecule has 2 N–H and O–H groups in total. The largest absolute Gasteiger partial charge is 0.427 e. The van der Waals surface area contributed by atoms with Gasteiger partial charge in [0.2, 0.25) is 6.36 Å². The second-order valence-corrected chi connectivity index (χ2v) is 3.75. The van der Waals surface area contributed by atoms with Gasteiger partial charge in [-0.3, -0.25) is 0 Å². The average molecular weight is 217 g/mol. The highest BCUT2D eigenvalue weighted by Gasteiger charge is 2.16. The number of esters is 1. The predicted molar refractivity (Wildman–Crippen MR) is 54.0 cm³/mol. The number of halogens is 1. The Hall–Kier alpha value is -1.10. The summed E-state index contributed by atoms with van der Waals surface area (Å²) in [5.41, 5.74) is 5.73. The number of hydrogen-bond donors (Lipinski definition) is 1. The molecule has 78 valence electrons. The number of rotatable bonds is 4. The predicted octanol–water partition coefficient (Wildman–Crippen LogP) is 2.58. The number of carbonyl (C=O) groups is 1. The van der Waals surface area contributed by atoms with Crippen LogP contribution in [-0.4, -0.2) is 12.3 Å². The maximum atomic E-state index is 12.9. The van der Waals surface area contributed by atoms with E-state index < -0.39 is 12.3 Å². The fraction of sp³-hybridized carbons (Fsp3) is 0.444. The molecule has 0 aliphatic carbocycles. The highest BCUT2D eigenvalue weighted by Crippen LogP contribution is 2.20. The van der Waals surface area contributed by atoms with Crippen molar-refractivity contribution < 1.29 is 13.9 Å². The minimum atomic E-state index is -1.54. The van der Waals surface area contributed by atoms with Gasteiger partial charge < -0.3 is 10.5 Å². The van der Waals surface area contributed by atoms with Gasteiger partial charge in [0.25, 0.3) is 0 Å². The summed E-state index contributed by atoms with van der Waals surface area (Å²) in [6.07, 6.45) is -0.685. The fourth-order valence-corrected chi connectivity index (χ4v) is 1.58. The third-order valence-electron chi connectivity index (χ3n) is 1.67. The Labute approximate surface area is 85.7 Å². The summed E-state index contributed by atoms with van der Waals surface area (Å²) in [6.45, 7) is 1.82. The van der Waals surface area contributed by atoms with Crippen LogP contribution < -0.4 is 5.73 Å². The molecular formula is C9H12FNO2S. The number of anilines is 1. The summed E-state index contributed by atoms with van der Waals surface area (Å²) in [6, 6.07) is 1.53. The number of thiophene rings is 1. The molecule has 0 aromatic carbocycles. The van der Waals surface area contributed by atoms with Gasteiger partial charge in [-0.15, -0.1) is 11.3 Å². The third kappa shape index (κ3) is 2.70. The van der Waals surface area contributed by atoms with Crippen LogP contribution >= 0.6 is 11.3 Å². The molecule has 0 saturated heterocycles. The quantitative estimate of drug-likeness (QED) is 0.788. The molecule has 5 heteroatoms. The fourth-order valence-electron chi connectivity index (χ4n) is 0.955. The van der Waals surface area contributed by atoms with Crippen molar-refractivity contribution in [2.24, 2.45) is 0 Å². The van der Waals surface area contributed by atoms with Gasteiger partial charge in [0.15, 0.2) is 0 Å². The van der Waals surface area contributed by atoms with E-state index in [0.29, 0.717) is 11.4 Å². The Morgan fingerprint density at radius 3 is 3.00 bits per heavy atom. The Kier molecular flexibility index (Phi) is 3.88. The van der Waals surface area contributed by atoms with Crippen molar-refractivity contribution >= 4 is 22.3 Å². The van der Waals surface area contributed by atoms with E-state index in [-0.39, 0.29) is 12.0 Å². The maximum Gasteiger partial charge on any atom is 0.343 e. The number of hydrogen-bond acceptors (Lipinski definition) is 4. The molecule has 1 atom stereocenters. The lowest BCUT2D eigenvalue weighted by molar-refractivity contribution is -0.0186. The molecule has 1 aromatic rings. The first-order valence-electron chi connectivity index (χ1n) is 4.33. The van der Waals surface area contributed by atoms with Crippen molar-refractivity contribution in [3.63, 3.8) is 0 Å². The number of ether oxygens (including phenoxy) is 1. The van der Waals surface area contributed by atoms with Crippen LogP contribution in [0.5, 0.6) is 0 Å². The summed E-state index contributed by atoms with van der Waals surface area (Å²) in [7, 11) is 0. The molecule has 0 bridgehead atoms. The molecule has 0 aliphatic rings. The minimum Gasteiger partial charge on any atom is -0.427 e. The zero-order chi connectivity index (χ0) is 10.6. The van der Waals surface area contributed by atoms with Gasteiger partial charge in [-0.25, -0.2) is 9.18 Å². The highest BCUT2D eigenvalue weighted by atomic mass is 32.1. The molecule has 1 rings (SSSR count). The number of nitrogen functional groups attached to an aromatic ring is 1. The summed E-state index contributed by atoms with van der Waals surface area (Å²) in [5.74, 6) is -0.690. The molecular weight excluding hydrogens is 205 g/mol. The summed E-state index contributed by atoms with van der Waals surface area (Å²) < 4.78 is 17.4. The van der Waals surface area contributed by atoms with E-state index in [1.165, 1.54) is 17.4 Å². The second kappa shape index (κ2) is 4.95. The summed E-state index contributed by atoms with van der Waals surface area (Å²) in [4.78, 5) is 11.3. The van der Waals surface area contributed by atoms with Crippen molar-refractivity contribution in [2.75, 3.05) is 5.73 Å². The monoisotopic (exact) mass is 217 g/mol. The van der Waals surface area contributed by atoms with E-state index in [1.807, 2.05) is 6.92 Å². The molecule has 1 heterocycles. The van der Waals surface area contributed by atoms with Crippen LogP contribution in [0.4, 0.5) is 9.39 Å². The average Bonchev–Trinajstić information content (AvgIpc) is 2.51. The van der Waals surface area contributed by atoms with Gasteiger partial charge in [0.05, 0.1) is 5.56 Å². The Morgan fingerprint density at radius 1 is 1.79 bits per heavy atom. The third-order valence-corrected chi connectivity index (χ3v) is 2.41. The number of nitrogens with two attached hydrogens (primary N) is 1. The van der Waals surface area contributed by atoms with Gasteiger partial charge in [-0.2, -0.15) is 0 Å². The normalized spacial score (nSPS) is 12.4. The summed E-state index contributed by atoms with van der Waals surface area (Å²) in [5, 5.41) is 2.03. The van der Waals surface area contributed by atoms with E-state index in [4.69, 9.17) is 5.73 Å². The maximum absolute atomic E-state index is 12.9. The van der Waals surface area contributed by atoms with Gasteiger partial charge in [0.1, 0.15) is 5.00 Å². The molecule has 0 aliphatic heterocycles. The first-order valence-corrected chi connectivity index (χ1v) is 5.21. The van der Waals surface area contributed by atoms with E-state index in [9.17, 15) is 9.18 Å². The smallest absolute Gasteiger partial charge is 0.343 e. The van der Waals surface area contributed by atoms with Crippen LogP contribution in [0, 0.1) is 0 Å². The van der Waals surface area contributed by atoms with Crippen molar-refractivity contribution in [1.29, 1.82) is 0 Å². The van der Waals surface area contributed by atoms with Gasteiger partial charge >= 0.3 is 5.97 Å². The first kappa shape index (κ1) is 11.0.